The van der Waals surface area contributed by atoms with E-state index in [0.29, 0.717) is 18.0 Å². The monoisotopic (exact) mass is 511 g/mol. The zero-order valence-electron chi connectivity index (χ0n) is 20.5. The number of carbonyl (C=O) groups excluding carboxylic acids is 1. The van der Waals surface area contributed by atoms with E-state index in [2.05, 4.69) is 15.5 Å². The third-order valence-corrected chi connectivity index (χ3v) is 5.04. The van der Waals surface area contributed by atoms with E-state index in [0.717, 1.165) is 19.0 Å². The maximum Gasteiger partial charge on any atom is 0.420 e. The summed E-state index contributed by atoms with van der Waals surface area (Å²) in [5.41, 5.74) is -0.297. The summed E-state index contributed by atoms with van der Waals surface area (Å²) in [4.78, 5) is 23.7. The Balaban J connectivity index is 0.000000319. The Morgan fingerprint density at radius 1 is 1.08 bits per heavy atom. The largest absolute Gasteiger partial charge is 0.497 e. The molecule has 0 heterocycles. The summed E-state index contributed by atoms with van der Waals surface area (Å²) >= 11 is 0. The van der Waals surface area contributed by atoms with Crippen LogP contribution >= 0.6 is 0 Å². The predicted octanol–water partition coefficient (Wildman–Crippen LogP) is 4.88. The summed E-state index contributed by atoms with van der Waals surface area (Å²) in [5.74, 6) is 0.147. The van der Waals surface area contributed by atoms with Gasteiger partial charge in [0.1, 0.15) is 22.8 Å². The van der Waals surface area contributed by atoms with Crippen LogP contribution in [0.15, 0.2) is 42.5 Å². The van der Waals surface area contributed by atoms with Crippen LogP contribution in [0, 0.1) is 0 Å². The van der Waals surface area contributed by atoms with Crippen molar-refractivity contribution in [3.8, 4) is 17.2 Å². The van der Waals surface area contributed by atoms with Crippen LogP contribution in [-0.2, 0) is 17.5 Å². The molecular formula is C25H32F3N3O5. The number of rotatable bonds is 10. The number of hydrogen-bond donors (Lipinski definition) is 3. The lowest BCUT2D eigenvalue weighted by Gasteiger charge is -2.15. The van der Waals surface area contributed by atoms with Crippen molar-refractivity contribution in [1.29, 1.82) is 0 Å². The highest BCUT2D eigenvalue weighted by Crippen LogP contribution is 2.40. The molecule has 36 heavy (non-hydrogen) atoms. The van der Waals surface area contributed by atoms with Crippen molar-refractivity contribution in [2.24, 2.45) is 0 Å². The van der Waals surface area contributed by atoms with Crippen LogP contribution in [0.25, 0.3) is 0 Å². The zero-order chi connectivity index (χ0) is 26.7. The van der Waals surface area contributed by atoms with Gasteiger partial charge in [-0.3, -0.25) is 4.79 Å². The molecule has 0 atom stereocenters. The minimum Gasteiger partial charge on any atom is -0.497 e. The summed E-state index contributed by atoms with van der Waals surface area (Å²) in [6.45, 7) is 1.09. The number of methoxy groups -OCH3 is 1. The van der Waals surface area contributed by atoms with Gasteiger partial charge in [-0.1, -0.05) is 12.1 Å². The summed E-state index contributed by atoms with van der Waals surface area (Å²) in [5, 5.41) is 13.7. The average Bonchev–Trinajstić information content (AvgIpc) is 3.62. The van der Waals surface area contributed by atoms with Crippen LogP contribution in [0.3, 0.4) is 0 Å². The molecule has 0 radical (unpaired) electrons. The SMILES string of the molecule is CN(C)CCCC(=O)NC1CC1.COc1ccc(Oc2ccc(CNC(=O)O)cc2)c(C(F)(F)F)c1. The molecule has 0 aliphatic heterocycles. The van der Waals surface area contributed by atoms with Gasteiger partial charge >= 0.3 is 12.3 Å². The molecule has 1 fully saturated rings. The molecule has 1 aliphatic rings. The zero-order valence-corrected chi connectivity index (χ0v) is 20.5. The van der Waals surface area contributed by atoms with Gasteiger partial charge in [0, 0.05) is 19.0 Å². The molecule has 11 heteroatoms. The Bertz CT molecular complexity index is 993. The predicted molar refractivity (Wildman–Crippen MR) is 128 cm³/mol. The number of hydrogen-bond acceptors (Lipinski definition) is 5. The molecule has 0 spiro atoms. The summed E-state index contributed by atoms with van der Waals surface area (Å²) < 4.78 is 49.4. The van der Waals surface area contributed by atoms with E-state index < -0.39 is 17.8 Å². The van der Waals surface area contributed by atoms with Gasteiger partial charge in [0.2, 0.25) is 5.91 Å². The quantitative estimate of drug-likeness (QED) is 0.421. The Morgan fingerprint density at radius 3 is 2.25 bits per heavy atom. The van der Waals surface area contributed by atoms with Crippen LogP contribution in [0.5, 0.6) is 17.2 Å². The van der Waals surface area contributed by atoms with E-state index in [1.165, 1.54) is 44.2 Å². The number of ether oxygens (including phenoxy) is 2. The van der Waals surface area contributed by atoms with Crippen LogP contribution in [-0.4, -0.2) is 55.8 Å². The molecule has 1 saturated carbocycles. The second-order valence-corrected chi connectivity index (χ2v) is 8.51. The lowest BCUT2D eigenvalue weighted by atomic mass is 10.1. The fourth-order valence-corrected chi connectivity index (χ4v) is 3.01. The molecule has 2 amide bonds. The Hall–Kier alpha value is -3.47. The van der Waals surface area contributed by atoms with Gasteiger partial charge in [0.15, 0.2) is 0 Å². The van der Waals surface area contributed by atoms with Crippen molar-refractivity contribution in [3.63, 3.8) is 0 Å². The number of nitrogens with one attached hydrogen (secondary N) is 2. The highest BCUT2D eigenvalue weighted by Gasteiger charge is 2.35. The van der Waals surface area contributed by atoms with E-state index in [4.69, 9.17) is 14.6 Å². The first-order chi connectivity index (χ1) is 17.0. The number of alkyl halides is 3. The Labute approximate surface area is 208 Å². The van der Waals surface area contributed by atoms with Crippen molar-refractivity contribution >= 4 is 12.0 Å². The maximum atomic E-state index is 13.1. The number of halogens is 3. The molecule has 0 aromatic heterocycles. The fourth-order valence-electron chi connectivity index (χ4n) is 3.01. The molecule has 3 N–H and O–H groups in total. The van der Waals surface area contributed by atoms with Gasteiger partial charge in [-0.15, -0.1) is 0 Å². The highest BCUT2D eigenvalue weighted by molar-refractivity contribution is 5.76. The molecule has 198 valence electrons. The lowest BCUT2D eigenvalue weighted by molar-refractivity contribution is -0.138. The smallest absolute Gasteiger partial charge is 0.420 e. The van der Waals surface area contributed by atoms with E-state index in [9.17, 15) is 22.8 Å². The van der Waals surface area contributed by atoms with Gasteiger partial charge in [-0.25, -0.2) is 4.79 Å². The molecule has 0 unspecified atom stereocenters. The van der Waals surface area contributed by atoms with Crippen LogP contribution in [0.1, 0.15) is 36.8 Å². The van der Waals surface area contributed by atoms with Gasteiger partial charge in [0.05, 0.1) is 7.11 Å². The van der Waals surface area contributed by atoms with Crippen LogP contribution in [0.4, 0.5) is 18.0 Å². The van der Waals surface area contributed by atoms with Gasteiger partial charge in [-0.05, 0) is 75.8 Å². The first-order valence-corrected chi connectivity index (χ1v) is 11.4. The fraction of sp³-hybridized carbons (Fsp3) is 0.440. The first-order valence-electron chi connectivity index (χ1n) is 11.4. The molecule has 2 aromatic carbocycles. The Kier molecular flexibility index (Phi) is 10.8. The lowest BCUT2D eigenvalue weighted by Crippen LogP contribution is -2.26. The van der Waals surface area contributed by atoms with Crippen molar-refractivity contribution in [1.82, 2.24) is 15.5 Å². The normalized spacial score (nSPS) is 12.9. The number of carboxylic acid groups (broad SMARTS) is 1. The standard InChI is InChI=1S/C16H14F3NO4.C9H18N2O/c1-23-12-6-7-14(13(8-12)16(17,18)19)24-11-4-2-10(3-5-11)9-20-15(21)22;1-11(2)7-3-4-9(12)10-8-5-6-8/h2-8,20H,9H2,1H3,(H,21,22);8H,3-7H2,1-2H3,(H,10,12). The number of carbonyl (C=O) groups is 2. The number of amides is 2. The molecule has 1 aliphatic carbocycles. The number of benzene rings is 2. The molecule has 0 bridgehead atoms. The minimum atomic E-state index is -4.59. The van der Waals surface area contributed by atoms with Gasteiger partial charge in [0.25, 0.3) is 0 Å². The first kappa shape index (κ1) is 28.8. The van der Waals surface area contributed by atoms with E-state index in [1.807, 2.05) is 14.1 Å². The van der Waals surface area contributed by atoms with Crippen LogP contribution < -0.4 is 20.1 Å². The third-order valence-electron chi connectivity index (χ3n) is 5.04. The van der Waals surface area contributed by atoms with Crippen molar-refractivity contribution in [2.45, 2.75) is 44.4 Å². The third kappa shape index (κ3) is 10.9. The molecule has 0 saturated heterocycles. The summed E-state index contributed by atoms with van der Waals surface area (Å²) in [6.07, 6.45) is -1.75. The number of nitrogens with zero attached hydrogens (tertiary/aromatic N) is 1. The average molecular weight is 512 g/mol. The maximum absolute atomic E-state index is 13.1. The topological polar surface area (TPSA) is 100 Å². The molecule has 2 aromatic rings. The molecular weight excluding hydrogens is 479 g/mol. The van der Waals surface area contributed by atoms with E-state index in [-0.39, 0.29) is 29.7 Å². The minimum absolute atomic E-state index is 0.0739. The Morgan fingerprint density at radius 2 is 1.72 bits per heavy atom. The summed E-state index contributed by atoms with van der Waals surface area (Å²) in [7, 11) is 5.33. The van der Waals surface area contributed by atoms with Gasteiger partial charge < -0.3 is 30.1 Å². The second kappa shape index (κ2) is 13.6. The van der Waals surface area contributed by atoms with Gasteiger partial charge in [-0.2, -0.15) is 13.2 Å². The summed E-state index contributed by atoms with van der Waals surface area (Å²) in [6, 6.07) is 9.96. The van der Waals surface area contributed by atoms with E-state index in [1.54, 1.807) is 12.1 Å². The van der Waals surface area contributed by atoms with Crippen molar-refractivity contribution < 1.29 is 37.3 Å². The molecule has 8 nitrogen and oxygen atoms in total. The van der Waals surface area contributed by atoms with Crippen molar-refractivity contribution in [2.75, 3.05) is 27.7 Å². The second-order valence-electron chi connectivity index (χ2n) is 8.51. The van der Waals surface area contributed by atoms with Crippen LogP contribution in [0.2, 0.25) is 0 Å². The molecule has 3 rings (SSSR count). The van der Waals surface area contributed by atoms with Crippen molar-refractivity contribution in [3.05, 3.63) is 53.6 Å². The highest BCUT2D eigenvalue weighted by atomic mass is 19.4. The van der Waals surface area contributed by atoms with E-state index >= 15 is 0 Å².